The molecule has 0 aliphatic carbocycles. The Hall–Kier alpha value is -8.14. The Balaban J connectivity index is 1.44. The lowest BCUT2D eigenvalue weighted by molar-refractivity contribution is -0.134. The molecule has 4 atom stereocenters. The normalized spacial score (nSPS) is 12.6. The smallest absolute Gasteiger partial charge is 0.351 e. The molecule has 0 saturated heterocycles. The fourth-order valence-corrected chi connectivity index (χ4v) is 11.6. The molecule has 1 heterocycles. The molecule has 0 aliphatic rings. The van der Waals surface area contributed by atoms with E-state index in [9.17, 15) is 57.4 Å². The van der Waals surface area contributed by atoms with Crippen molar-refractivity contribution in [3.8, 4) is 11.1 Å². The fraction of sp³-hybridized carbons (Fsp3) is 0.667. The van der Waals surface area contributed by atoms with Gasteiger partial charge in [-0.25, -0.2) is 18.6 Å². The van der Waals surface area contributed by atoms with Crippen LogP contribution < -0.4 is 37.6 Å². The van der Waals surface area contributed by atoms with E-state index in [1.165, 1.54) is 25.7 Å². The molecule has 0 bridgehead atoms. The number of carboxylic acid groups (broad SMARTS) is 1. The van der Waals surface area contributed by atoms with Gasteiger partial charge in [-0.05, 0) is 55.5 Å². The van der Waals surface area contributed by atoms with Crippen molar-refractivity contribution in [2.45, 2.75) is 97.9 Å². The third kappa shape index (κ3) is 52.8. The first kappa shape index (κ1) is 107. The monoisotopic (exact) mass is 1740 g/mol. The first-order chi connectivity index (χ1) is 58.3. The highest BCUT2D eigenvalue weighted by molar-refractivity contribution is 8.00. The van der Waals surface area contributed by atoms with Gasteiger partial charge in [0.2, 0.25) is 53.2 Å². The molecule has 684 valence electrons. The van der Waals surface area contributed by atoms with Crippen molar-refractivity contribution in [3.05, 3.63) is 83.7 Å². The van der Waals surface area contributed by atoms with Crippen LogP contribution in [-0.2, 0) is 130 Å². The van der Waals surface area contributed by atoms with Gasteiger partial charge in [0.15, 0.2) is 0 Å². The third-order valence-electron chi connectivity index (χ3n) is 16.8. The topological polar surface area (TPSA) is 457 Å². The molecule has 2 aromatic carbocycles. The number of hydrogen-bond donors (Lipinski definition) is 8. The van der Waals surface area contributed by atoms with E-state index >= 15 is 4.39 Å². The van der Waals surface area contributed by atoms with E-state index in [1.54, 1.807) is 19.4 Å². The van der Waals surface area contributed by atoms with Crippen LogP contribution >= 0.6 is 11.8 Å². The number of rotatable bonds is 75. The summed E-state index contributed by atoms with van der Waals surface area (Å²) in [5.74, 6) is -9.53. The highest BCUT2D eigenvalue weighted by Crippen LogP contribution is 2.41. The molecular weight excluding hydrogens is 1610 g/mol. The van der Waals surface area contributed by atoms with E-state index in [0.717, 1.165) is 35.5 Å². The summed E-state index contributed by atoms with van der Waals surface area (Å²) in [6, 6.07) is 9.20. The number of nitrogens with zero attached hydrogens (tertiary/aromatic N) is 3. The second-order valence-corrected chi connectivity index (χ2v) is 28.8. The van der Waals surface area contributed by atoms with Crippen molar-refractivity contribution < 1.29 is 138 Å². The van der Waals surface area contributed by atoms with E-state index in [-0.39, 0.29) is 154 Å². The third-order valence-corrected chi connectivity index (χ3v) is 17.7. The van der Waals surface area contributed by atoms with Gasteiger partial charge in [-0.3, -0.25) is 43.2 Å². The van der Waals surface area contributed by atoms with E-state index in [1.807, 2.05) is 55.7 Å². The molecule has 9 N–H and O–H groups in total. The SMILES string of the molecule is COCCOCCOCCOCCOCCOCCOCCOCCOCCOCCOCCOCCC(=O)N[C@@H](C)C(=O)N[C@H](C)C(=O)N[C@@H](CC(N)=O)C(=O)NCCCN(C(=O)CSCC(=NC(=O)CCOCCOCCOCCOCCNC(=O)CNC(C)=O)C(=O)O)[C@@H](c1cc(-c2cc(F)ccc2F)cn1Cc1ccccc1)C(C)(C)C. The van der Waals surface area contributed by atoms with Crippen LogP contribution in [0.15, 0.2) is 65.8 Å². The molecule has 0 unspecified atom stereocenters. The summed E-state index contributed by atoms with van der Waals surface area (Å²) in [6.45, 7) is 20.5. The van der Waals surface area contributed by atoms with Crippen LogP contribution in [-0.4, -0.2) is 347 Å². The Morgan fingerprint density at radius 2 is 0.983 bits per heavy atom. The molecule has 0 fully saturated rings. The number of methoxy groups -OCH3 is 1. The number of aliphatic imine (C=N–C) groups is 1. The zero-order valence-electron chi connectivity index (χ0n) is 70.9. The average Bonchev–Trinajstić information content (AvgIpc) is 1.26. The number of halogens is 2. The average molecular weight is 1740 g/mol. The van der Waals surface area contributed by atoms with E-state index in [4.69, 9.17) is 81.5 Å². The fourth-order valence-electron chi connectivity index (χ4n) is 10.8. The van der Waals surface area contributed by atoms with Crippen LogP contribution in [0.1, 0.15) is 84.5 Å². The number of ether oxygens (including phenoxy) is 16. The zero-order chi connectivity index (χ0) is 88.5. The standard InChI is InChI=1S/C81H128F2N10O27S/c1-60(88-72(96)16-21-106-26-29-110-35-37-114-40-41-116-44-45-118-48-49-120-51-50-119-47-46-117-43-42-115-39-38-113-33-32-109-25-24-105-7)77(100)89-61(2)78(101)91-68(54-71(84)95)79(102)86-18-11-20-93(76(81(4,5)6)70-52-64(66-53-65(82)14-15-67(66)83)57-92(70)56-63-12-9-8-10-13-63)75(99)59-121-58-69(80(103)104)90-73(97)17-22-107-27-30-111-34-36-112-31-28-108-23-19-85-74(98)55-87-62(3)94/h8-10,12-15,52-53,57,60-61,68,76H,11,16-51,54-56,58-59H2,1-7H3,(H2,84,95)(H,85,98)(H,86,102)(H,87,94)(H,88,96)(H,89,100)(H,91,101)(H,103,104)/t60-,61+,68-,76-/m0/s1. The van der Waals surface area contributed by atoms with Gasteiger partial charge in [0.1, 0.15) is 35.5 Å². The van der Waals surface area contributed by atoms with Gasteiger partial charge in [0.05, 0.1) is 236 Å². The Morgan fingerprint density at radius 3 is 1.45 bits per heavy atom. The highest BCUT2D eigenvalue weighted by Gasteiger charge is 2.38. The summed E-state index contributed by atoms with van der Waals surface area (Å²) in [5, 5.41) is 25.3. The maximum absolute atomic E-state index is 15.6. The van der Waals surface area contributed by atoms with Gasteiger partial charge < -0.3 is 128 Å². The summed E-state index contributed by atoms with van der Waals surface area (Å²) in [7, 11) is 1.63. The molecular formula is C81H128F2N10O27S. The number of thioether (sulfide) groups is 1. The molecule has 0 aliphatic heterocycles. The van der Waals surface area contributed by atoms with E-state index < -0.39 is 101 Å². The molecule has 0 saturated carbocycles. The van der Waals surface area contributed by atoms with Gasteiger partial charge >= 0.3 is 5.97 Å². The predicted molar refractivity (Wildman–Crippen MR) is 440 cm³/mol. The molecule has 0 spiro atoms. The summed E-state index contributed by atoms with van der Waals surface area (Å²) in [5.41, 5.74) is 5.77. The first-order valence-corrected chi connectivity index (χ1v) is 41.5. The van der Waals surface area contributed by atoms with E-state index in [0.29, 0.717) is 143 Å². The Bertz CT molecular complexity index is 3460. The van der Waals surface area contributed by atoms with Crippen LogP contribution in [0.5, 0.6) is 0 Å². The quantitative estimate of drug-likeness (QED) is 0.0296. The highest BCUT2D eigenvalue weighted by atomic mass is 32.2. The molecule has 0 radical (unpaired) electrons. The van der Waals surface area contributed by atoms with Crippen LogP contribution in [0, 0.1) is 17.0 Å². The van der Waals surface area contributed by atoms with Crippen molar-refractivity contribution >= 4 is 76.6 Å². The molecule has 3 aromatic rings. The van der Waals surface area contributed by atoms with Crippen molar-refractivity contribution in [3.63, 3.8) is 0 Å². The van der Waals surface area contributed by atoms with Crippen LogP contribution in [0.3, 0.4) is 0 Å². The van der Waals surface area contributed by atoms with Crippen molar-refractivity contribution in [1.82, 2.24) is 41.4 Å². The lowest BCUT2D eigenvalue weighted by Gasteiger charge is -2.41. The number of nitrogens with two attached hydrogens (primary N) is 1. The summed E-state index contributed by atoms with van der Waals surface area (Å²) >= 11 is 0.874. The van der Waals surface area contributed by atoms with Gasteiger partial charge in [-0.2, -0.15) is 0 Å². The number of primary amides is 1. The number of aromatic nitrogens is 1. The lowest BCUT2D eigenvalue weighted by Crippen LogP contribution is -2.56. The molecule has 9 amide bonds. The lowest BCUT2D eigenvalue weighted by atomic mass is 9.83. The Labute approximate surface area is 711 Å². The summed E-state index contributed by atoms with van der Waals surface area (Å²) in [6.07, 6.45) is 0.669. The largest absolute Gasteiger partial charge is 0.477 e. The van der Waals surface area contributed by atoms with Gasteiger partial charge in [-0.15, -0.1) is 11.8 Å². The maximum Gasteiger partial charge on any atom is 0.351 e. The molecule has 40 heteroatoms. The number of carbonyl (C=O) groups is 10. The second kappa shape index (κ2) is 67.4. The van der Waals surface area contributed by atoms with Crippen LogP contribution in [0.25, 0.3) is 11.1 Å². The Kier molecular flexibility index (Phi) is 59.6. The number of aliphatic carboxylic acids is 1. The molecule has 1 aromatic heterocycles. The minimum atomic E-state index is -1.54. The van der Waals surface area contributed by atoms with E-state index in [2.05, 4.69) is 36.9 Å². The number of carbonyl (C=O) groups excluding carboxylic acids is 9. The summed E-state index contributed by atoms with van der Waals surface area (Å²) in [4.78, 5) is 134. The van der Waals surface area contributed by atoms with Crippen molar-refractivity contribution in [2.24, 2.45) is 16.1 Å². The first-order valence-electron chi connectivity index (χ1n) is 40.3. The minimum Gasteiger partial charge on any atom is -0.477 e. The Morgan fingerprint density at radius 1 is 0.529 bits per heavy atom. The van der Waals surface area contributed by atoms with Crippen molar-refractivity contribution in [2.75, 3.05) is 250 Å². The van der Waals surface area contributed by atoms with Crippen LogP contribution in [0.4, 0.5) is 8.78 Å². The molecule has 3 rings (SSSR count). The minimum absolute atomic E-state index is 0.0156. The number of hydrogen-bond acceptors (Lipinski definition) is 27. The maximum atomic E-state index is 15.6. The van der Waals surface area contributed by atoms with Gasteiger partial charge in [0.25, 0.3) is 0 Å². The number of carboxylic acids is 1. The molecule has 121 heavy (non-hydrogen) atoms. The number of nitrogens with one attached hydrogen (secondary N) is 6. The zero-order valence-corrected chi connectivity index (χ0v) is 71.7. The number of amides is 9. The number of benzene rings is 2. The van der Waals surface area contributed by atoms with Gasteiger partial charge in [0, 0.05) is 75.4 Å². The van der Waals surface area contributed by atoms with Crippen molar-refractivity contribution in [1.29, 1.82) is 0 Å². The predicted octanol–water partition coefficient (Wildman–Crippen LogP) is 1.99. The summed E-state index contributed by atoms with van der Waals surface area (Å²) < 4.78 is 119. The van der Waals surface area contributed by atoms with Gasteiger partial charge in [-0.1, -0.05) is 51.1 Å². The second-order valence-electron chi connectivity index (χ2n) is 27.8. The van der Waals surface area contributed by atoms with Crippen LogP contribution in [0.2, 0.25) is 0 Å². The molecule has 37 nitrogen and oxygen atoms in total.